The van der Waals surface area contributed by atoms with Crippen molar-refractivity contribution in [2.24, 2.45) is 0 Å². The maximum absolute atomic E-state index is 12.5. The zero-order valence-corrected chi connectivity index (χ0v) is 20.7. The molecule has 1 aliphatic heterocycles. The lowest BCUT2D eigenvalue weighted by molar-refractivity contribution is -0.132. The molecule has 2 heterocycles. The van der Waals surface area contributed by atoms with Gasteiger partial charge in [-0.05, 0) is 30.2 Å². The van der Waals surface area contributed by atoms with Gasteiger partial charge in [-0.25, -0.2) is 0 Å². The van der Waals surface area contributed by atoms with Gasteiger partial charge in [0.05, 0.1) is 6.42 Å². The minimum Gasteiger partial charge on any atom is -0.359 e. The smallest absolute Gasteiger partial charge is 0.230 e. The average molecular weight is 484 g/mol. The highest BCUT2D eigenvalue weighted by molar-refractivity contribution is 5.94. The molecule has 1 aromatic carbocycles. The van der Waals surface area contributed by atoms with Gasteiger partial charge in [0, 0.05) is 56.1 Å². The summed E-state index contributed by atoms with van der Waals surface area (Å²) >= 11 is 0. The fourth-order valence-corrected chi connectivity index (χ4v) is 3.64. The first-order valence-electron chi connectivity index (χ1n) is 11.7. The van der Waals surface area contributed by atoms with Crippen LogP contribution in [-0.4, -0.2) is 53.3 Å². The van der Waals surface area contributed by atoms with Gasteiger partial charge in [0.2, 0.25) is 23.6 Å². The van der Waals surface area contributed by atoms with Crippen LogP contribution in [0.5, 0.6) is 0 Å². The molecule has 1 aromatic heterocycles. The van der Waals surface area contributed by atoms with Gasteiger partial charge in [-0.2, -0.15) is 0 Å². The zero-order valence-electron chi connectivity index (χ0n) is 20.7. The third-order valence-corrected chi connectivity index (χ3v) is 5.73. The predicted molar refractivity (Wildman–Crippen MR) is 131 cm³/mol. The Bertz CT molecular complexity index is 1100. The molecule has 0 aliphatic carbocycles. The van der Waals surface area contributed by atoms with E-state index >= 15 is 0 Å². The Morgan fingerprint density at radius 3 is 2.54 bits per heavy atom. The van der Waals surface area contributed by atoms with Crippen LogP contribution < -0.4 is 16.0 Å². The topological polar surface area (TPSA) is 134 Å². The number of amides is 4. The molecule has 0 unspecified atom stereocenters. The molecule has 1 saturated heterocycles. The molecule has 0 bridgehead atoms. The third-order valence-electron chi connectivity index (χ3n) is 5.73. The highest BCUT2D eigenvalue weighted by Gasteiger charge is 2.21. The second-order valence-electron chi connectivity index (χ2n) is 9.72. The van der Waals surface area contributed by atoms with Crippen molar-refractivity contribution in [2.45, 2.75) is 58.8 Å². The summed E-state index contributed by atoms with van der Waals surface area (Å²) in [6.45, 7) is 9.11. The number of carbonyl (C=O) groups is 4. The van der Waals surface area contributed by atoms with Crippen LogP contribution in [0.3, 0.4) is 0 Å². The number of benzene rings is 1. The second kappa shape index (κ2) is 11.2. The highest BCUT2D eigenvalue weighted by atomic mass is 16.5. The summed E-state index contributed by atoms with van der Waals surface area (Å²) in [7, 11) is 0. The molecule has 10 heteroatoms. The molecule has 3 N–H and O–H groups in total. The van der Waals surface area contributed by atoms with Gasteiger partial charge in [0.1, 0.15) is 5.76 Å². The van der Waals surface area contributed by atoms with Gasteiger partial charge < -0.3 is 25.4 Å². The maximum Gasteiger partial charge on any atom is 0.230 e. The number of rotatable bonds is 7. The van der Waals surface area contributed by atoms with E-state index < -0.39 is 0 Å². The second-order valence-corrected chi connectivity index (χ2v) is 9.72. The number of carbonyl (C=O) groups excluding carboxylic acids is 4. The first-order valence-corrected chi connectivity index (χ1v) is 11.7. The molecule has 0 atom stereocenters. The van der Waals surface area contributed by atoms with E-state index in [1.54, 1.807) is 29.2 Å². The fourth-order valence-electron chi connectivity index (χ4n) is 3.64. The molecule has 10 nitrogen and oxygen atoms in total. The molecular weight excluding hydrogens is 450 g/mol. The summed E-state index contributed by atoms with van der Waals surface area (Å²) in [5, 5.41) is 12.2. The van der Waals surface area contributed by atoms with Crippen LogP contribution in [0.15, 0.2) is 28.8 Å². The molecule has 0 saturated carbocycles. The lowest BCUT2D eigenvalue weighted by Crippen LogP contribution is -2.34. The number of anilines is 2. The van der Waals surface area contributed by atoms with Crippen LogP contribution in [0.25, 0.3) is 0 Å². The van der Waals surface area contributed by atoms with Gasteiger partial charge in [0.15, 0.2) is 5.82 Å². The highest BCUT2D eigenvalue weighted by Crippen LogP contribution is 2.24. The molecule has 4 amide bonds. The lowest BCUT2D eigenvalue weighted by atomic mass is 9.93. The summed E-state index contributed by atoms with van der Waals surface area (Å²) < 4.78 is 5.29. The van der Waals surface area contributed by atoms with Gasteiger partial charge >= 0.3 is 0 Å². The molecule has 1 fully saturated rings. The number of nitrogens with one attached hydrogen (secondary N) is 3. The molecule has 188 valence electrons. The number of aromatic nitrogens is 1. The Morgan fingerprint density at radius 2 is 1.86 bits per heavy atom. The summed E-state index contributed by atoms with van der Waals surface area (Å²) in [6.07, 6.45) is 0.558. The van der Waals surface area contributed by atoms with Crippen molar-refractivity contribution in [1.82, 2.24) is 15.4 Å². The minimum atomic E-state index is -0.270. The largest absolute Gasteiger partial charge is 0.359 e. The third kappa shape index (κ3) is 7.66. The summed E-state index contributed by atoms with van der Waals surface area (Å²) in [6, 6.07) is 7.04. The minimum absolute atomic E-state index is 0.0498. The summed E-state index contributed by atoms with van der Waals surface area (Å²) in [5.74, 6) is 0.358. The Labute approximate surface area is 204 Å². The summed E-state index contributed by atoms with van der Waals surface area (Å²) in [4.78, 5) is 50.2. The Balaban J connectivity index is 1.48. The SMILES string of the molecule is Cc1cc(NC(=O)CCC(=O)N2CCNC(=O)CC2)ccc1CC(=O)Nc1cc(C(C)(C)C)on1. The standard InChI is InChI=1S/C25H33N5O5/c1-16-13-18(27-22(32)7-8-24(34)30-11-9-21(31)26-10-12-30)6-5-17(16)14-23(33)28-20-15-19(35-29-20)25(2,3)4/h5-6,13,15H,7-12,14H2,1-4H3,(H,26,31)(H,27,32)(H,28,29,33). The van der Waals surface area contributed by atoms with E-state index in [-0.39, 0.29) is 54.7 Å². The predicted octanol–water partition coefficient (Wildman–Crippen LogP) is 2.53. The molecule has 3 rings (SSSR count). The summed E-state index contributed by atoms with van der Waals surface area (Å²) in [5.41, 5.74) is 2.07. The van der Waals surface area contributed by atoms with E-state index in [0.717, 1.165) is 11.1 Å². The van der Waals surface area contributed by atoms with Crippen molar-refractivity contribution < 1.29 is 23.7 Å². The fraction of sp³-hybridized carbons (Fsp3) is 0.480. The number of nitrogens with zero attached hydrogens (tertiary/aromatic N) is 2. The quantitative estimate of drug-likeness (QED) is 0.554. The van der Waals surface area contributed by atoms with Crippen LogP contribution >= 0.6 is 0 Å². The Hall–Kier alpha value is -3.69. The van der Waals surface area contributed by atoms with Crippen LogP contribution in [-0.2, 0) is 31.0 Å². The van der Waals surface area contributed by atoms with Crippen LogP contribution in [0.1, 0.15) is 56.9 Å². The number of hydrogen-bond acceptors (Lipinski definition) is 6. The average Bonchev–Trinajstić information content (AvgIpc) is 3.14. The zero-order chi connectivity index (χ0) is 25.6. The van der Waals surface area contributed by atoms with E-state index in [0.29, 0.717) is 36.9 Å². The monoisotopic (exact) mass is 483 g/mol. The van der Waals surface area contributed by atoms with Crippen molar-refractivity contribution in [2.75, 3.05) is 30.3 Å². The van der Waals surface area contributed by atoms with Crippen LogP contribution in [0.4, 0.5) is 11.5 Å². The molecule has 2 aromatic rings. The first kappa shape index (κ1) is 25.9. The van der Waals surface area contributed by atoms with Crippen molar-refractivity contribution in [1.29, 1.82) is 0 Å². The van der Waals surface area contributed by atoms with Gasteiger partial charge in [-0.1, -0.05) is 32.0 Å². The van der Waals surface area contributed by atoms with Gasteiger partial charge in [-0.15, -0.1) is 0 Å². The lowest BCUT2D eigenvalue weighted by Gasteiger charge is -2.19. The maximum atomic E-state index is 12.5. The number of hydrogen-bond donors (Lipinski definition) is 3. The number of aryl methyl sites for hydroxylation is 1. The van der Waals surface area contributed by atoms with Crippen LogP contribution in [0.2, 0.25) is 0 Å². The Morgan fingerprint density at radius 1 is 1.09 bits per heavy atom. The van der Waals surface area contributed by atoms with E-state index in [1.807, 2.05) is 27.7 Å². The van der Waals surface area contributed by atoms with Crippen molar-refractivity contribution in [3.05, 3.63) is 41.2 Å². The van der Waals surface area contributed by atoms with E-state index in [2.05, 4.69) is 21.1 Å². The van der Waals surface area contributed by atoms with Crippen molar-refractivity contribution in [3.8, 4) is 0 Å². The first-order chi connectivity index (χ1) is 16.5. The van der Waals surface area contributed by atoms with Gasteiger partial charge in [-0.3, -0.25) is 19.2 Å². The molecule has 0 spiro atoms. The molecule has 1 aliphatic rings. The van der Waals surface area contributed by atoms with Gasteiger partial charge in [0.25, 0.3) is 0 Å². The molecule has 0 radical (unpaired) electrons. The van der Waals surface area contributed by atoms with Crippen LogP contribution in [0, 0.1) is 6.92 Å². The molecule has 35 heavy (non-hydrogen) atoms. The van der Waals surface area contributed by atoms with E-state index in [9.17, 15) is 19.2 Å². The normalized spacial score (nSPS) is 14.2. The Kier molecular flexibility index (Phi) is 8.26. The van der Waals surface area contributed by atoms with E-state index in [4.69, 9.17) is 4.52 Å². The van der Waals surface area contributed by atoms with Crippen molar-refractivity contribution in [3.63, 3.8) is 0 Å². The molecular formula is C25H33N5O5. The van der Waals surface area contributed by atoms with Crippen molar-refractivity contribution >= 4 is 35.1 Å². The van der Waals surface area contributed by atoms with E-state index in [1.165, 1.54) is 0 Å².